The summed E-state index contributed by atoms with van der Waals surface area (Å²) in [5.74, 6) is 1.43. The Morgan fingerprint density at radius 2 is 1.91 bits per heavy atom. The van der Waals surface area contributed by atoms with E-state index in [0.29, 0.717) is 12.5 Å². The lowest BCUT2D eigenvalue weighted by Gasteiger charge is -2.15. The summed E-state index contributed by atoms with van der Waals surface area (Å²) in [6.45, 7) is 2.71. The van der Waals surface area contributed by atoms with E-state index in [0.717, 1.165) is 32.2 Å². The van der Waals surface area contributed by atoms with Crippen molar-refractivity contribution >= 4 is 54.8 Å². The first-order chi connectivity index (χ1) is 16.0. The molecule has 1 N–H and O–H groups in total. The van der Waals surface area contributed by atoms with Crippen LogP contribution in [0.4, 0.5) is 0 Å². The van der Waals surface area contributed by atoms with Crippen LogP contribution in [0.3, 0.4) is 0 Å². The van der Waals surface area contributed by atoms with Gasteiger partial charge in [-0.25, -0.2) is 5.43 Å². The Bertz CT molecular complexity index is 1210. The Hall–Kier alpha value is -2.18. The van der Waals surface area contributed by atoms with Crippen molar-refractivity contribution in [2.24, 2.45) is 22.4 Å². The molecule has 0 saturated heterocycles. The van der Waals surface area contributed by atoms with Crippen LogP contribution in [0.5, 0.6) is 5.75 Å². The molecular weight excluding hydrogens is 544 g/mol. The minimum atomic E-state index is 0.0498. The average molecular weight is 570 g/mol. The number of halogens is 2. The fraction of sp³-hybridized carbons (Fsp3) is 0.333. The van der Waals surface area contributed by atoms with E-state index in [9.17, 15) is 4.79 Å². The zero-order chi connectivity index (χ0) is 23.0. The summed E-state index contributed by atoms with van der Waals surface area (Å²) in [5, 5.41) is 6.61. The molecular formula is C27H26Br2N2O2. The molecule has 33 heavy (non-hydrogen) atoms. The van der Waals surface area contributed by atoms with Crippen LogP contribution < -0.4 is 10.2 Å². The average Bonchev–Trinajstić information content (AvgIpc) is 3.44. The van der Waals surface area contributed by atoms with Crippen LogP contribution in [0.2, 0.25) is 0 Å². The number of rotatable bonds is 6. The quantitative estimate of drug-likeness (QED) is 0.252. The maximum Gasteiger partial charge on any atom is 0.244 e. The highest BCUT2D eigenvalue weighted by atomic mass is 79.9. The van der Waals surface area contributed by atoms with Gasteiger partial charge in [0.2, 0.25) is 5.91 Å². The van der Waals surface area contributed by atoms with Gasteiger partial charge in [0, 0.05) is 5.92 Å². The van der Waals surface area contributed by atoms with Crippen molar-refractivity contribution in [2.45, 2.75) is 39.2 Å². The predicted octanol–water partition coefficient (Wildman–Crippen LogP) is 7.22. The molecule has 2 saturated carbocycles. The molecule has 2 aliphatic rings. The second-order valence-corrected chi connectivity index (χ2v) is 11.0. The molecule has 6 heteroatoms. The van der Waals surface area contributed by atoms with Crippen LogP contribution >= 0.6 is 31.9 Å². The predicted molar refractivity (Wildman–Crippen MR) is 139 cm³/mol. The first kappa shape index (κ1) is 22.6. The zero-order valence-electron chi connectivity index (χ0n) is 18.5. The third-order valence-corrected chi connectivity index (χ3v) is 8.45. The highest BCUT2D eigenvalue weighted by Gasteiger charge is 2.64. The van der Waals surface area contributed by atoms with Crippen LogP contribution in [-0.4, -0.2) is 12.1 Å². The van der Waals surface area contributed by atoms with Gasteiger partial charge in [0.15, 0.2) is 0 Å². The summed E-state index contributed by atoms with van der Waals surface area (Å²) in [6.07, 6.45) is 6.47. The minimum Gasteiger partial charge on any atom is -0.487 e. The molecule has 3 aromatic rings. The molecule has 0 heterocycles. The number of ether oxygens (including phenoxy) is 1. The van der Waals surface area contributed by atoms with Crippen molar-refractivity contribution in [1.29, 1.82) is 0 Å². The van der Waals surface area contributed by atoms with Crippen LogP contribution in [0.1, 0.15) is 43.7 Å². The smallest absolute Gasteiger partial charge is 0.244 e. The van der Waals surface area contributed by atoms with Gasteiger partial charge in [0.25, 0.3) is 0 Å². The molecule has 0 bridgehead atoms. The SMILES string of the molecule is C[C@]12CCCC[C@@H]1[C@H]2C(=O)N/N=C\c1cc(Br)c(OCc2cccc3ccccc23)c(Br)c1. The van der Waals surface area contributed by atoms with Crippen molar-refractivity contribution in [3.63, 3.8) is 0 Å². The molecule has 0 aromatic heterocycles. The van der Waals surface area contributed by atoms with Crippen molar-refractivity contribution < 1.29 is 9.53 Å². The molecule has 0 radical (unpaired) electrons. The lowest BCUT2D eigenvalue weighted by molar-refractivity contribution is -0.123. The Morgan fingerprint density at radius 3 is 2.67 bits per heavy atom. The summed E-state index contributed by atoms with van der Waals surface area (Å²) in [4.78, 5) is 12.6. The highest BCUT2D eigenvalue weighted by Crippen LogP contribution is 2.66. The Balaban J connectivity index is 1.23. The van der Waals surface area contributed by atoms with E-state index in [-0.39, 0.29) is 17.2 Å². The number of fused-ring (bicyclic) bond motifs is 2. The molecule has 5 rings (SSSR count). The fourth-order valence-electron chi connectivity index (χ4n) is 5.45. The van der Waals surface area contributed by atoms with Crippen LogP contribution in [0, 0.1) is 17.3 Å². The van der Waals surface area contributed by atoms with E-state index in [1.54, 1.807) is 6.21 Å². The standard InChI is InChI=1S/C27H26Br2N2O2/c1-27-12-5-4-11-21(27)24(27)26(32)31-30-15-17-13-22(28)25(23(29)14-17)33-16-19-9-6-8-18-7-2-3-10-20(18)19/h2-3,6-10,13-15,21,24H,4-5,11-12,16H2,1H3,(H,31,32)/b30-15-/t21-,24+,27+/m1/s1. The maximum atomic E-state index is 12.6. The summed E-state index contributed by atoms with van der Waals surface area (Å²) < 4.78 is 7.81. The molecule has 3 aromatic carbocycles. The Kier molecular flexibility index (Phi) is 6.32. The molecule has 0 unspecified atom stereocenters. The van der Waals surface area contributed by atoms with E-state index >= 15 is 0 Å². The Morgan fingerprint density at radius 1 is 1.15 bits per heavy atom. The molecule has 0 spiro atoms. The van der Waals surface area contributed by atoms with Crippen molar-refractivity contribution in [3.8, 4) is 5.75 Å². The second kappa shape index (κ2) is 9.22. The van der Waals surface area contributed by atoms with Crippen molar-refractivity contribution in [1.82, 2.24) is 5.43 Å². The van der Waals surface area contributed by atoms with Gasteiger partial charge in [-0.15, -0.1) is 0 Å². The largest absolute Gasteiger partial charge is 0.487 e. The first-order valence-electron chi connectivity index (χ1n) is 11.4. The van der Waals surface area contributed by atoms with Gasteiger partial charge in [-0.3, -0.25) is 4.79 Å². The number of carbonyl (C=O) groups excluding carboxylic acids is 1. The number of nitrogens with zero attached hydrogens (tertiary/aromatic N) is 1. The molecule has 2 fully saturated rings. The monoisotopic (exact) mass is 568 g/mol. The van der Waals surface area contributed by atoms with Crippen molar-refractivity contribution in [3.05, 3.63) is 74.7 Å². The number of amides is 1. The molecule has 170 valence electrons. The minimum absolute atomic E-state index is 0.0498. The number of hydrogen-bond acceptors (Lipinski definition) is 3. The zero-order valence-corrected chi connectivity index (χ0v) is 21.7. The summed E-state index contributed by atoms with van der Waals surface area (Å²) in [6, 6.07) is 18.4. The van der Waals surface area contributed by atoms with Crippen molar-refractivity contribution in [2.75, 3.05) is 0 Å². The van der Waals surface area contributed by atoms with Gasteiger partial charge in [-0.2, -0.15) is 5.10 Å². The maximum absolute atomic E-state index is 12.6. The first-order valence-corrected chi connectivity index (χ1v) is 13.0. The molecule has 4 nitrogen and oxygen atoms in total. The number of hydrogen-bond donors (Lipinski definition) is 1. The van der Waals surface area contributed by atoms with Gasteiger partial charge in [0.1, 0.15) is 12.4 Å². The van der Waals surface area contributed by atoms with E-state index in [1.165, 1.54) is 30.0 Å². The number of nitrogens with one attached hydrogen (secondary N) is 1. The number of hydrazone groups is 1. The third kappa shape index (κ3) is 4.47. The van der Waals surface area contributed by atoms with Gasteiger partial charge in [0.05, 0.1) is 15.2 Å². The molecule has 3 atom stereocenters. The van der Waals surface area contributed by atoms with E-state index in [4.69, 9.17) is 4.74 Å². The van der Waals surface area contributed by atoms with E-state index in [1.807, 2.05) is 24.3 Å². The number of benzene rings is 3. The van der Waals surface area contributed by atoms with E-state index in [2.05, 4.69) is 79.6 Å². The molecule has 2 aliphatic carbocycles. The third-order valence-electron chi connectivity index (χ3n) is 7.27. The normalized spacial score (nSPS) is 24.0. The summed E-state index contributed by atoms with van der Waals surface area (Å²) in [5.41, 5.74) is 4.95. The van der Waals surface area contributed by atoms with Crippen LogP contribution in [0.15, 0.2) is 68.6 Å². The van der Waals surface area contributed by atoms with E-state index < -0.39 is 0 Å². The summed E-state index contributed by atoms with van der Waals surface area (Å²) >= 11 is 7.24. The molecule has 0 aliphatic heterocycles. The number of carbonyl (C=O) groups is 1. The lowest BCUT2D eigenvalue weighted by atomic mass is 9.90. The van der Waals surface area contributed by atoms with Crippen LogP contribution in [-0.2, 0) is 11.4 Å². The van der Waals surface area contributed by atoms with Gasteiger partial charge in [-0.05, 0) is 90.1 Å². The van der Waals surface area contributed by atoms with Gasteiger partial charge >= 0.3 is 0 Å². The second-order valence-electron chi connectivity index (χ2n) is 9.31. The Labute approximate surface area is 211 Å². The fourth-order valence-corrected chi connectivity index (χ4v) is 6.90. The van der Waals surface area contributed by atoms with Crippen LogP contribution in [0.25, 0.3) is 10.8 Å². The topological polar surface area (TPSA) is 50.7 Å². The van der Waals surface area contributed by atoms with Gasteiger partial charge < -0.3 is 4.74 Å². The highest BCUT2D eigenvalue weighted by molar-refractivity contribution is 9.11. The summed E-state index contributed by atoms with van der Waals surface area (Å²) in [7, 11) is 0. The molecule has 1 amide bonds. The lowest BCUT2D eigenvalue weighted by Crippen LogP contribution is -2.22. The van der Waals surface area contributed by atoms with Gasteiger partial charge in [-0.1, -0.05) is 62.2 Å².